The molecule has 3 rings (SSSR count). The Morgan fingerprint density at radius 3 is 2.69 bits per heavy atom. The fourth-order valence-corrected chi connectivity index (χ4v) is 3.30. The molecule has 0 aliphatic carbocycles. The highest BCUT2D eigenvalue weighted by atomic mass is 35.5. The number of carbonyl (C=O) groups is 1. The van der Waals surface area contributed by atoms with Gasteiger partial charge in [-0.1, -0.05) is 23.7 Å². The number of aliphatic hydroxyl groups excluding tert-OH is 1. The number of rotatable bonds is 5. The molecule has 0 radical (unpaired) electrons. The van der Waals surface area contributed by atoms with Crippen LogP contribution in [0.1, 0.15) is 27.2 Å². The van der Waals surface area contributed by atoms with Crippen molar-refractivity contribution < 1.29 is 32.2 Å². The van der Waals surface area contributed by atoms with Crippen molar-refractivity contribution in [2.75, 3.05) is 5.32 Å². The molecule has 3 aromatic rings. The molecule has 0 fully saturated rings. The van der Waals surface area contributed by atoms with E-state index in [2.05, 4.69) is 15.0 Å². The van der Waals surface area contributed by atoms with Gasteiger partial charge in [-0.05, 0) is 35.9 Å². The van der Waals surface area contributed by atoms with E-state index in [1.807, 2.05) is 0 Å². The Bertz CT molecular complexity index is 1040. The summed E-state index contributed by atoms with van der Waals surface area (Å²) < 4.78 is 54.0. The summed E-state index contributed by atoms with van der Waals surface area (Å²) in [5.74, 6) is -1.76. The van der Waals surface area contributed by atoms with E-state index in [0.29, 0.717) is 0 Å². The van der Waals surface area contributed by atoms with Gasteiger partial charge < -0.3 is 15.2 Å². The third-order valence-corrected chi connectivity index (χ3v) is 4.76. The second-order valence-corrected chi connectivity index (χ2v) is 6.97. The van der Waals surface area contributed by atoms with Crippen LogP contribution in [0.2, 0.25) is 5.02 Å². The molecule has 5 nitrogen and oxygen atoms in total. The lowest BCUT2D eigenvalue weighted by atomic mass is 10.1. The first-order valence-electron chi connectivity index (χ1n) is 7.88. The molecule has 1 amide bonds. The van der Waals surface area contributed by atoms with Crippen molar-refractivity contribution in [1.29, 1.82) is 0 Å². The molecule has 1 heterocycles. The predicted molar refractivity (Wildman–Crippen MR) is 98.7 cm³/mol. The van der Waals surface area contributed by atoms with Gasteiger partial charge in [0, 0.05) is 11.1 Å². The number of amides is 1. The van der Waals surface area contributed by atoms with Crippen LogP contribution < -0.4 is 10.1 Å². The summed E-state index contributed by atoms with van der Waals surface area (Å²) >= 11 is 6.60. The van der Waals surface area contributed by atoms with E-state index >= 15 is 0 Å². The Morgan fingerprint density at radius 1 is 1.24 bits per heavy atom. The lowest BCUT2D eigenvalue weighted by Gasteiger charge is -2.12. The largest absolute Gasteiger partial charge is 0.573 e. The smallest absolute Gasteiger partial charge is 0.406 e. The Kier molecular flexibility index (Phi) is 6.06. The van der Waals surface area contributed by atoms with Crippen LogP contribution in [0.25, 0.3) is 0 Å². The number of thiazole rings is 1. The number of anilines is 1. The molecular formula is C18H11ClF4N2O3S. The number of halogens is 5. The SMILES string of the molecule is O=C(Nc1ccc(F)c(Cl)c1)c1csc(C(O)c2cccc(OC(F)(F)F)c2)n1. The third kappa shape index (κ3) is 5.43. The molecule has 0 bridgehead atoms. The Morgan fingerprint density at radius 2 is 2.00 bits per heavy atom. The molecule has 1 aromatic heterocycles. The van der Waals surface area contributed by atoms with Crippen molar-refractivity contribution in [2.24, 2.45) is 0 Å². The maximum absolute atomic E-state index is 13.2. The average molecular weight is 447 g/mol. The van der Waals surface area contributed by atoms with E-state index in [1.54, 1.807) is 0 Å². The predicted octanol–water partition coefficient (Wildman–Crippen LogP) is 5.17. The second kappa shape index (κ2) is 8.36. The quantitative estimate of drug-likeness (QED) is 0.530. The van der Waals surface area contributed by atoms with Crippen molar-refractivity contribution in [1.82, 2.24) is 4.98 Å². The summed E-state index contributed by atoms with van der Waals surface area (Å²) in [6.45, 7) is 0. The van der Waals surface area contributed by atoms with E-state index in [9.17, 15) is 27.5 Å². The van der Waals surface area contributed by atoms with Crippen molar-refractivity contribution >= 4 is 34.5 Å². The Hall–Kier alpha value is -2.69. The van der Waals surface area contributed by atoms with E-state index in [-0.39, 0.29) is 27.0 Å². The van der Waals surface area contributed by atoms with E-state index in [1.165, 1.54) is 29.6 Å². The first-order chi connectivity index (χ1) is 13.6. The van der Waals surface area contributed by atoms with Crippen molar-refractivity contribution in [3.8, 4) is 5.75 Å². The number of nitrogens with zero attached hydrogens (tertiary/aromatic N) is 1. The molecule has 29 heavy (non-hydrogen) atoms. The normalized spacial score (nSPS) is 12.5. The molecule has 1 unspecified atom stereocenters. The summed E-state index contributed by atoms with van der Waals surface area (Å²) in [7, 11) is 0. The van der Waals surface area contributed by atoms with Crippen LogP contribution in [0.3, 0.4) is 0 Å². The van der Waals surface area contributed by atoms with Gasteiger partial charge in [0.2, 0.25) is 0 Å². The van der Waals surface area contributed by atoms with Gasteiger partial charge in [-0.2, -0.15) is 0 Å². The zero-order valence-corrected chi connectivity index (χ0v) is 15.8. The molecule has 0 aliphatic rings. The first kappa shape index (κ1) is 21.0. The van der Waals surface area contributed by atoms with Crippen LogP contribution in [0, 0.1) is 5.82 Å². The molecule has 11 heteroatoms. The molecule has 0 aliphatic heterocycles. The number of carbonyl (C=O) groups excluding carboxylic acids is 1. The average Bonchev–Trinajstić information content (AvgIpc) is 3.13. The zero-order chi connectivity index (χ0) is 21.2. The fourth-order valence-electron chi connectivity index (χ4n) is 2.31. The van der Waals surface area contributed by atoms with Gasteiger partial charge in [0.15, 0.2) is 0 Å². The highest BCUT2D eigenvalue weighted by Gasteiger charge is 2.31. The van der Waals surface area contributed by atoms with E-state index in [0.717, 1.165) is 29.5 Å². The zero-order valence-electron chi connectivity index (χ0n) is 14.2. The number of hydrogen-bond acceptors (Lipinski definition) is 5. The molecule has 152 valence electrons. The van der Waals surface area contributed by atoms with Crippen molar-refractivity contribution in [3.05, 3.63) is 74.9 Å². The fraction of sp³-hybridized carbons (Fsp3) is 0.111. The summed E-state index contributed by atoms with van der Waals surface area (Å²) in [6, 6.07) is 8.44. The standard InChI is InChI=1S/C18H11ClF4N2O3S/c19-12-7-10(4-5-13(12)20)24-16(27)14-8-29-17(25-14)15(26)9-2-1-3-11(6-9)28-18(21,22)23/h1-8,15,26H,(H,24,27). The number of aliphatic hydroxyl groups is 1. The van der Waals surface area contributed by atoms with Gasteiger partial charge in [-0.3, -0.25) is 4.79 Å². The molecule has 0 saturated carbocycles. The molecule has 0 saturated heterocycles. The van der Waals surface area contributed by atoms with E-state index < -0.39 is 29.9 Å². The molecule has 2 aromatic carbocycles. The lowest BCUT2D eigenvalue weighted by molar-refractivity contribution is -0.274. The van der Waals surface area contributed by atoms with Crippen LogP contribution in [0.4, 0.5) is 23.2 Å². The summed E-state index contributed by atoms with van der Waals surface area (Å²) in [4.78, 5) is 16.3. The monoisotopic (exact) mass is 446 g/mol. The molecule has 1 atom stereocenters. The molecular weight excluding hydrogens is 436 g/mol. The number of hydrogen-bond donors (Lipinski definition) is 2. The maximum atomic E-state index is 13.2. The highest BCUT2D eigenvalue weighted by molar-refractivity contribution is 7.10. The van der Waals surface area contributed by atoms with Crippen LogP contribution >= 0.6 is 22.9 Å². The van der Waals surface area contributed by atoms with Gasteiger partial charge in [-0.15, -0.1) is 24.5 Å². The minimum atomic E-state index is -4.86. The van der Waals surface area contributed by atoms with Gasteiger partial charge in [0.25, 0.3) is 5.91 Å². The Balaban J connectivity index is 1.74. The third-order valence-electron chi connectivity index (χ3n) is 3.57. The minimum absolute atomic E-state index is 0.0350. The van der Waals surface area contributed by atoms with Crippen LogP contribution in [0.5, 0.6) is 5.75 Å². The lowest BCUT2D eigenvalue weighted by Crippen LogP contribution is -2.17. The van der Waals surface area contributed by atoms with Gasteiger partial charge in [0.05, 0.1) is 5.02 Å². The summed E-state index contributed by atoms with van der Waals surface area (Å²) in [5.41, 5.74) is 0.319. The summed E-state index contributed by atoms with van der Waals surface area (Å²) in [5, 5.41) is 14.2. The summed E-state index contributed by atoms with van der Waals surface area (Å²) in [6.07, 6.45) is -6.22. The van der Waals surface area contributed by atoms with Crippen LogP contribution in [0.15, 0.2) is 47.8 Å². The van der Waals surface area contributed by atoms with Gasteiger partial charge >= 0.3 is 6.36 Å². The maximum Gasteiger partial charge on any atom is 0.573 e. The second-order valence-electron chi connectivity index (χ2n) is 5.68. The Labute approximate surface area is 170 Å². The van der Waals surface area contributed by atoms with Gasteiger partial charge in [0.1, 0.15) is 28.4 Å². The number of aromatic nitrogens is 1. The van der Waals surface area contributed by atoms with Crippen molar-refractivity contribution in [3.63, 3.8) is 0 Å². The first-order valence-corrected chi connectivity index (χ1v) is 9.14. The van der Waals surface area contributed by atoms with Crippen LogP contribution in [-0.2, 0) is 0 Å². The van der Waals surface area contributed by atoms with E-state index in [4.69, 9.17) is 11.6 Å². The minimum Gasteiger partial charge on any atom is -0.406 e. The number of nitrogens with one attached hydrogen (secondary N) is 1. The van der Waals surface area contributed by atoms with Crippen LogP contribution in [-0.4, -0.2) is 22.4 Å². The highest BCUT2D eigenvalue weighted by Crippen LogP contribution is 2.30. The topological polar surface area (TPSA) is 71.5 Å². The molecule has 2 N–H and O–H groups in total. The number of benzene rings is 2. The number of ether oxygens (including phenoxy) is 1. The van der Waals surface area contributed by atoms with Crippen molar-refractivity contribution in [2.45, 2.75) is 12.5 Å². The van der Waals surface area contributed by atoms with Gasteiger partial charge in [-0.25, -0.2) is 9.37 Å². The number of alkyl halides is 3. The molecule has 0 spiro atoms.